The Hall–Kier alpha value is -2.37. The van der Waals surface area contributed by atoms with Crippen molar-refractivity contribution in [1.29, 1.82) is 0 Å². The maximum atomic E-state index is 11.4. The Morgan fingerprint density at radius 2 is 1.63 bits per heavy atom. The molecule has 0 saturated carbocycles. The topological polar surface area (TPSA) is 78.9 Å². The van der Waals surface area contributed by atoms with E-state index in [1.165, 1.54) is 13.2 Å². The van der Waals surface area contributed by atoms with Crippen LogP contribution in [0.2, 0.25) is 0 Å². The third kappa shape index (κ3) is 7.54. The second kappa shape index (κ2) is 9.64. The first-order valence-electron chi connectivity index (χ1n) is 5.40. The SMILES string of the molecule is C=CC/C(=C\C(=O)OCCOC(=O)C=C)C(=O)OC. The molecule has 19 heavy (non-hydrogen) atoms. The molecule has 0 aromatic heterocycles. The summed E-state index contributed by atoms with van der Waals surface area (Å²) in [6.07, 6.45) is 3.67. The molecule has 0 atom stereocenters. The average molecular weight is 268 g/mol. The smallest absolute Gasteiger partial charge is 0.334 e. The molecule has 0 rings (SSSR count). The van der Waals surface area contributed by atoms with Crippen molar-refractivity contribution in [2.45, 2.75) is 6.42 Å². The van der Waals surface area contributed by atoms with Crippen LogP contribution >= 0.6 is 0 Å². The fraction of sp³-hybridized carbons (Fsp3) is 0.308. The minimum Gasteiger partial charge on any atom is -0.466 e. The molecule has 0 fully saturated rings. The highest BCUT2D eigenvalue weighted by Crippen LogP contribution is 2.05. The number of allylic oxidation sites excluding steroid dienone is 1. The van der Waals surface area contributed by atoms with E-state index in [1.807, 2.05) is 0 Å². The Morgan fingerprint density at radius 3 is 2.11 bits per heavy atom. The molecule has 0 amide bonds. The van der Waals surface area contributed by atoms with Gasteiger partial charge in [0.1, 0.15) is 13.2 Å². The molecule has 0 radical (unpaired) electrons. The number of esters is 3. The Morgan fingerprint density at radius 1 is 1.05 bits per heavy atom. The summed E-state index contributed by atoms with van der Waals surface area (Å²) < 4.78 is 13.8. The van der Waals surface area contributed by atoms with Gasteiger partial charge in [-0.15, -0.1) is 6.58 Å². The van der Waals surface area contributed by atoms with Crippen molar-refractivity contribution in [3.8, 4) is 0 Å². The molecule has 0 spiro atoms. The third-order valence-corrected chi connectivity index (χ3v) is 1.84. The van der Waals surface area contributed by atoms with Crippen LogP contribution in [-0.4, -0.2) is 38.2 Å². The molecule has 0 aliphatic heterocycles. The Labute approximate surface area is 111 Å². The van der Waals surface area contributed by atoms with Gasteiger partial charge in [-0.2, -0.15) is 0 Å². The van der Waals surface area contributed by atoms with Crippen LogP contribution in [0.4, 0.5) is 0 Å². The first-order chi connectivity index (χ1) is 9.04. The van der Waals surface area contributed by atoms with E-state index < -0.39 is 17.9 Å². The molecule has 0 heterocycles. The molecule has 6 heteroatoms. The highest BCUT2D eigenvalue weighted by atomic mass is 16.6. The zero-order chi connectivity index (χ0) is 14.7. The largest absolute Gasteiger partial charge is 0.466 e. The fourth-order valence-electron chi connectivity index (χ4n) is 1.02. The summed E-state index contributed by atoms with van der Waals surface area (Å²) in [7, 11) is 1.21. The summed E-state index contributed by atoms with van der Waals surface area (Å²) in [6, 6.07) is 0. The number of methoxy groups -OCH3 is 1. The number of ether oxygens (including phenoxy) is 3. The summed E-state index contributed by atoms with van der Waals surface area (Å²) in [5.41, 5.74) is 0.130. The Balaban J connectivity index is 4.24. The molecule has 0 aromatic carbocycles. The van der Waals surface area contributed by atoms with Gasteiger partial charge >= 0.3 is 17.9 Å². The van der Waals surface area contributed by atoms with E-state index in [9.17, 15) is 14.4 Å². The molecule has 0 saturated heterocycles. The third-order valence-electron chi connectivity index (χ3n) is 1.84. The lowest BCUT2D eigenvalue weighted by atomic mass is 10.2. The Kier molecular flexibility index (Phi) is 8.44. The first kappa shape index (κ1) is 16.6. The van der Waals surface area contributed by atoms with E-state index in [2.05, 4.69) is 22.6 Å². The first-order valence-corrected chi connectivity index (χ1v) is 5.40. The minimum absolute atomic E-state index is 0.0839. The molecular weight excluding hydrogens is 252 g/mol. The van der Waals surface area contributed by atoms with Crippen molar-refractivity contribution in [3.05, 3.63) is 37.0 Å². The zero-order valence-corrected chi connectivity index (χ0v) is 10.7. The fourth-order valence-corrected chi connectivity index (χ4v) is 1.02. The molecule has 0 aromatic rings. The summed E-state index contributed by atoms with van der Waals surface area (Å²) >= 11 is 0. The molecule has 104 valence electrons. The van der Waals surface area contributed by atoms with E-state index >= 15 is 0 Å². The van der Waals surface area contributed by atoms with Crippen molar-refractivity contribution in [3.63, 3.8) is 0 Å². The van der Waals surface area contributed by atoms with Crippen LogP contribution in [0.25, 0.3) is 0 Å². The lowest BCUT2D eigenvalue weighted by Gasteiger charge is -2.04. The van der Waals surface area contributed by atoms with Gasteiger partial charge in [0, 0.05) is 17.7 Å². The monoisotopic (exact) mass is 268 g/mol. The van der Waals surface area contributed by atoms with Crippen LogP contribution in [0.3, 0.4) is 0 Å². The molecule has 0 N–H and O–H groups in total. The van der Waals surface area contributed by atoms with Gasteiger partial charge in [0.05, 0.1) is 7.11 Å². The van der Waals surface area contributed by atoms with E-state index in [0.717, 1.165) is 12.2 Å². The van der Waals surface area contributed by atoms with Crippen molar-refractivity contribution in [2.24, 2.45) is 0 Å². The molecule has 0 bridgehead atoms. The standard InChI is InChI=1S/C13H16O6/c1-4-6-10(13(16)17-3)9-12(15)19-8-7-18-11(14)5-2/h4-5,9H,1-2,6-8H2,3H3/b10-9+. The highest BCUT2D eigenvalue weighted by Gasteiger charge is 2.11. The van der Waals surface area contributed by atoms with Crippen molar-refractivity contribution < 1.29 is 28.6 Å². The van der Waals surface area contributed by atoms with Crippen molar-refractivity contribution >= 4 is 17.9 Å². The molecule has 0 unspecified atom stereocenters. The van der Waals surface area contributed by atoms with Crippen LogP contribution in [0.15, 0.2) is 37.0 Å². The van der Waals surface area contributed by atoms with Gasteiger partial charge in [-0.05, 0) is 6.42 Å². The number of carbonyl (C=O) groups excluding carboxylic acids is 3. The highest BCUT2D eigenvalue weighted by molar-refractivity contribution is 5.96. The van der Waals surface area contributed by atoms with E-state index in [0.29, 0.717) is 0 Å². The minimum atomic E-state index is -0.725. The van der Waals surface area contributed by atoms with Crippen LogP contribution in [0.1, 0.15) is 6.42 Å². The summed E-state index contributed by atoms with van der Waals surface area (Å²) in [6.45, 7) is 6.47. The summed E-state index contributed by atoms with van der Waals surface area (Å²) in [5.74, 6) is -1.96. The summed E-state index contributed by atoms with van der Waals surface area (Å²) in [5, 5.41) is 0. The van der Waals surface area contributed by atoms with Gasteiger partial charge in [0.25, 0.3) is 0 Å². The molecular formula is C13H16O6. The zero-order valence-electron chi connectivity index (χ0n) is 10.7. The number of hydrogen-bond donors (Lipinski definition) is 0. The van der Waals surface area contributed by atoms with Gasteiger partial charge < -0.3 is 14.2 Å². The predicted molar refractivity (Wildman–Crippen MR) is 67.0 cm³/mol. The van der Waals surface area contributed by atoms with Gasteiger partial charge in [-0.25, -0.2) is 14.4 Å². The second-order valence-electron chi connectivity index (χ2n) is 3.19. The van der Waals surface area contributed by atoms with Crippen LogP contribution < -0.4 is 0 Å². The van der Waals surface area contributed by atoms with E-state index in [4.69, 9.17) is 4.74 Å². The molecule has 6 nitrogen and oxygen atoms in total. The van der Waals surface area contributed by atoms with Crippen LogP contribution in [0.5, 0.6) is 0 Å². The predicted octanol–water partition coefficient (Wildman–Crippen LogP) is 0.934. The number of hydrogen-bond acceptors (Lipinski definition) is 6. The van der Waals surface area contributed by atoms with Crippen LogP contribution in [0, 0.1) is 0 Å². The quantitative estimate of drug-likeness (QED) is 0.214. The normalized spacial score (nSPS) is 10.3. The van der Waals surface area contributed by atoms with Gasteiger partial charge in [-0.1, -0.05) is 12.7 Å². The molecule has 0 aliphatic carbocycles. The van der Waals surface area contributed by atoms with Crippen molar-refractivity contribution in [2.75, 3.05) is 20.3 Å². The lowest BCUT2D eigenvalue weighted by Crippen LogP contribution is -2.13. The van der Waals surface area contributed by atoms with E-state index in [1.54, 1.807) is 0 Å². The maximum absolute atomic E-state index is 11.4. The second-order valence-corrected chi connectivity index (χ2v) is 3.19. The number of rotatable bonds is 8. The van der Waals surface area contributed by atoms with Gasteiger partial charge in [0.2, 0.25) is 0 Å². The maximum Gasteiger partial charge on any atom is 0.334 e. The number of carbonyl (C=O) groups is 3. The summed E-state index contributed by atoms with van der Waals surface area (Å²) in [4.78, 5) is 33.3. The Bertz CT molecular complexity index is 394. The molecule has 0 aliphatic rings. The average Bonchev–Trinajstić information content (AvgIpc) is 2.41. The van der Waals surface area contributed by atoms with Crippen molar-refractivity contribution in [1.82, 2.24) is 0 Å². The lowest BCUT2D eigenvalue weighted by molar-refractivity contribution is -0.146. The van der Waals surface area contributed by atoms with Crippen LogP contribution in [-0.2, 0) is 28.6 Å². The van der Waals surface area contributed by atoms with Gasteiger partial charge in [0.15, 0.2) is 0 Å². The van der Waals surface area contributed by atoms with E-state index in [-0.39, 0.29) is 25.2 Å². The van der Waals surface area contributed by atoms with Gasteiger partial charge in [-0.3, -0.25) is 0 Å².